The molecule has 0 saturated carbocycles. The minimum atomic E-state index is -0.671. The molecule has 0 saturated heterocycles. The number of nitrogens with one attached hydrogen (secondary N) is 2. The zero-order chi connectivity index (χ0) is 22.6. The van der Waals surface area contributed by atoms with Crippen LogP contribution >= 0.6 is 11.9 Å². The number of amides is 2. The van der Waals surface area contributed by atoms with Crippen molar-refractivity contribution in [2.75, 3.05) is 0 Å². The quantitative estimate of drug-likeness (QED) is 0.429. The predicted octanol–water partition coefficient (Wildman–Crippen LogP) is 5.81. The van der Waals surface area contributed by atoms with Gasteiger partial charge in [0.2, 0.25) is 0 Å². The van der Waals surface area contributed by atoms with Crippen molar-refractivity contribution in [3.05, 3.63) is 23.8 Å². The third-order valence-corrected chi connectivity index (χ3v) is 4.29. The average molecular weight is 424 g/mol. The van der Waals surface area contributed by atoms with Gasteiger partial charge in [0, 0.05) is 6.21 Å². The van der Waals surface area contributed by atoms with Crippen LogP contribution in [0.1, 0.15) is 67.4 Å². The lowest BCUT2D eigenvalue weighted by atomic mass is 10.0. The Hall–Kier alpha value is -2.02. The molecule has 0 heterocycles. The number of nitrogens with zero attached hydrogens (tertiary/aromatic N) is 1. The summed E-state index contributed by atoms with van der Waals surface area (Å²) in [6.45, 7) is 17.2. The van der Waals surface area contributed by atoms with Gasteiger partial charge in [-0.05, 0) is 70.5 Å². The molecule has 0 radical (unpaired) electrons. The Morgan fingerprint density at radius 3 is 2.38 bits per heavy atom. The lowest BCUT2D eigenvalue weighted by Crippen LogP contribution is -2.47. The molecular weight excluding hydrogens is 386 g/mol. The number of carbonyl (C=O) groups is 2. The number of ether oxygens (including phenoxy) is 1. The van der Waals surface area contributed by atoms with E-state index in [9.17, 15) is 9.59 Å². The van der Waals surface area contributed by atoms with Crippen molar-refractivity contribution in [2.45, 2.75) is 85.3 Å². The Balaban J connectivity index is 0.00000379. The summed E-state index contributed by atoms with van der Waals surface area (Å²) >= 11 is 1.20. The molecule has 0 aliphatic rings. The summed E-state index contributed by atoms with van der Waals surface area (Å²) in [7, 11) is 0. The Morgan fingerprint density at radius 2 is 1.86 bits per heavy atom. The van der Waals surface area contributed by atoms with Crippen LogP contribution in [-0.2, 0) is 9.53 Å². The van der Waals surface area contributed by atoms with Crippen molar-refractivity contribution < 1.29 is 14.3 Å². The van der Waals surface area contributed by atoms with E-state index in [1.165, 1.54) is 11.9 Å². The summed E-state index contributed by atoms with van der Waals surface area (Å²) < 4.78 is 8.11. The summed E-state index contributed by atoms with van der Waals surface area (Å²) in [5, 5.41) is 2.68. The fraction of sp³-hybridized carbons (Fsp3) is 0.591. The lowest BCUT2D eigenvalue weighted by molar-refractivity contribution is -0.121. The van der Waals surface area contributed by atoms with Gasteiger partial charge in [0.15, 0.2) is 0 Å². The summed E-state index contributed by atoms with van der Waals surface area (Å²) in [4.78, 5) is 30.0. The summed E-state index contributed by atoms with van der Waals surface area (Å²) in [5.41, 5.74) is 1.23. The summed E-state index contributed by atoms with van der Waals surface area (Å²) in [5.74, 6) is -0.0348. The zero-order valence-electron chi connectivity index (χ0n) is 19.3. The number of hydrogen-bond donors (Lipinski definition) is 2. The van der Waals surface area contributed by atoms with Crippen molar-refractivity contribution in [2.24, 2.45) is 10.9 Å². The maximum atomic E-state index is 12.7. The number of carbonyl (C=O) groups excluding carboxylic acids is 2. The van der Waals surface area contributed by atoms with Gasteiger partial charge in [-0.2, -0.15) is 0 Å². The van der Waals surface area contributed by atoms with Gasteiger partial charge in [0.05, 0.1) is 10.6 Å². The molecule has 6 nitrogen and oxygen atoms in total. The van der Waals surface area contributed by atoms with E-state index >= 15 is 0 Å². The molecule has 29 heavy (non-hydrogen) atoms. The summed E-state index contributed by atoms with van der Waals surface area (Å²) in [6, 6.07) is 5.12. The van der Waals surface area contributed by atoms with Crippen molar-refractivity contribution in [3.63, 3.8) is 0 Å². The van der Waals surface area contributed by atoms with Crippen molar-refractivity contribution in [1.82, 2.24) is 10.0 Å². The van der Waals surface area contributed by atoms with Gasteiger partial charge >= 0.3 is 6.09 Å². The van der Waals surface area contributed by atoms with Gasteiger partial charge in [-0.15, -0.1) is 0 Å². The lowest BCUT2D eigenvalue weighted by Gasteiger charge is -2.24. The highest BCUT2D eigenvalue weighted by molar-refractivity contribution is 7.98. The van der Waals surface area contributed by atoms with Gasteiger partial charge in [-0.25, -0.2) is 4.79 Å². The second-order valence-electron chi connectivity index (χ2n) is 7.71. The first kappa shape index (κ1) is 27.0. The number of para-hydroxylation sites is 1. The Morgan fingerprint density at radius 1 is 1.24 bits per heavy atom. The molecule has 1 aromatic carbocycles. The number of benzene rings is 1. The number of aryl methyl sites for hydroxylation is 1. The van der Waals surface area contributed by atoms with Crippen LogP contribution in [0.5, 0.6) is 0 Å². The van der Waals surface area contributed by atoms with Crippen LogP contribution in [0.2, 0.25) is 0 Å². The van der Waals surface area contributed by atoms with E-state index in [4.69, 9.17) is 4.74 Å². The molecule has 0 aliphatic heterocycles. The van der Waals surface area contributed by atoms with Gasteiger partial charge in [-0.1, -0.05) is 39.8 Å². The van der Waals surface area contributed by atoms with Crippen molar-refractivity contribution in [3.8, 4) is 0 Å². The Kier molecular flexibility index (Phi) is 12.3. The van der Waals surface area contributed by atoms with Crippen LogP contribution in [0.15, 0.2) is 28.1 Å². The molecule has 0 fully saturated rings. The monoisotopic (exact) mass is 423 g/mol. The van der Waals surface area contributed by atoms with E-state index in [2.05, 4.69) is 15.0 Å². The van der Waals surface area contributed by atoms with Crippen molar-refractivity contribution in [1.29, 1.82) is 0 Å². The van der Waals surface area contributed by atoms with Gasteiger partial charge in [0.1, 0.15) is 11.6 Å². The van der Waals surface area contributed by atoms with Crippen molar-refractivity contribution >= 4 is 35.9 Å². The van der Waals surface area contributed by atoms with Gasteiger partial charge < -0.3 is 10.1 Å². The Labute approximate surface area is 180 Å². The topological polar surface area (TPSA) is 79.8 Å². The SMILES string of the molecule is CC.CC=Nc1c(C)cccc1SNC(=O)C(CC(C)C)NC(=O)OC(C)(C)C. The van der Waals surface area contributed by atoms with E-state index in [1.54, 1.807) is 27.0 Å². The van der Waals surface area contributed by atoms with Crippen LogP contribution in [0, 0.1) is 12.8 Å². The van der Waals surface area contributed by atoms with E-state index in [-0.39, 0.29) is 11.8 Å². The first-order valence-corrected chi connectivity index (χ1v) is 10.9. The average Bonchev–Trinajstić information content (AvgIpc) is 2.61. The number of rotatable bonds is 7. The first-order valence-electron chi connectivity index (χ1n) is 10.1. The fourth-order valence-corrected chi connectivity index (χ4v) is 3.15. The van der Waals surface area contributed by atoms with Gasteiger partial charge in [0.25, 0.3) is 5.91 Å². The molecule has 0 spiro atoms. The summed E-state index contributed by atoms with van der Waals surface area (Å²) in [6.07, 6.45) is 1.64. The standard InChI is InChI=1S/C20H31N3O3S.C2H6/c1-8-21-17-14(4)10-9-11-16(17)27-23-18(24)15(12-13(2)3)22-19(25)26-20(5,6)7;1-2/h8-11,13,15H,12H2,1-7H3,(H,22,25)(H,23,24);1-2H3. The number of hydrogen-bond acceptors (Lipinski definition) is 5. The van der Waals surface area contributed by atoms with Crippen LogP contribution in [-0.4, -0.2) is 29.9 Å². The maximum absolute atomic E-state index is 12.7. The highest BCUT2D eigenvalue weighted by atomic mass is 32.2. The molecule has 1 aromatic rings. The second kappa shape index (κ2) is 13.2. The molecule has 0 aliphatic carbocycles. The predicted molar refractivity (Wildman–Crippen MR) is 123 cm³/mol. The van der Waals surface area contributed by atoms with E-state index in [1.807, 2.05) is 59.7 Å². The fourth-order valence-electron chi connectivity index (χ4n) is 2.34. The molecule has 1 unspecified atom stereocenters. The minimum absolute atomic E-state index is 0.236. The third kappa shape index (κ3) is 10.9. The normalized spacial score (nSPS) is 12.2. The minimum Gasteiger partial charge on any atom is -0.444 e. The maximum Gasteiger partial charge on any atom is 0.408 e. The molecule has 1 atom stereocenters. The van der Waals surface area contributed by atoms with Crippen LogP contribution in [0.4, 0.5) is 10.5 Å². The van der Waals surface area contributed by atoms with E-state index in [0.29, 0.717) is 6.42 Å². The van der Waals surface area contributed by atoms with Crippen LogP contribution in [0.3, 0.4) is 0 Å². The van der Waals surface area contributed by atoms with E-state index in [0.717, 1.165) is 16.1 Å². The molecular formula is C22H37N3O3S. The molecule has 0 aromatic heterocycles. The highest BCUT2D eigenvalue weighted by Gasteiger charge is 2.25. The van der Waals surface area contributed by atoms with Crippen LogP contribution < -0.4 is 10.0 Å². The smallest absolute Gasteiger partial charge is 0.408 e. The number of alkyl carbamates (subject to hydrolysis) is 1. The second-order valence-corrected chi connectivity index (χ2v) is 8.55. The molecule has 7 heteroatoms. The molecule has 2 N–H and O–H groups in total. The van der Waals surface area contributed by atoms with Crippen LogP contribution in [0.25, 0.3) is 0 Å². The zero-order valence-corrected chi connectivity index (χ0v) is 20.1. The van der Waals surface area contributed by atoms with E-state index < -0.39 is 17.7 Å². The first-order chi connectivity index (χ1) is 13.5. The molecule has 164 valence electrons. The Bertz CT molecular complexity index is 682. The molecule has 2 amide bonds. The number of aliphatic imine (C=N–C) groups is 1. The largest absolute Gasteiger partial charge is 0.444 e. The van der Waals surface area contributed by atoms with Gasteiger partial charge in [-0.3, -0.25) is 14.5 Å². The highest BCUT2D eigenvalue weighted by Crippen LogP contribution is 2.30. The molecule has 1 rings (SSSR count). The molecule has 0 bridgehead atoms. The third-order valence-electron chi connectivity index (χ3n) is 3.44.